The summed E-state index contributed by atoms with van der Waals surface area (Å²) in [5.41, 5.74) is 0.945. The summed E-state index contributed by atoms with van der Waals surface area (Å²) >= 11 is 1.52. The standard InChI is InChI=1S/C17H20O5S/c1-20-15-6-5-12(10-16(15)21-2)17(23-9-7-18)11-13(19)14-4-3-8-22-14/h3-6,8,10,17-18H,7,9,11H2,1-2H3/t17-/m1/s1. The predicted molar refractivity (Wildman–Crippen MR) is 89.5 cm³/mol. The number of ether oxygens (including phenoxy) is 2. The molecule has 2 rings (SSSR count). The van der Waals surface area contributed by atoms with Crippen LogP contribution in [0.25, 0.3) is 0 Å². The molecule has 6 heteroatoms. The fourth-order valence-electron chi connectivity index (χ4n) is 2.23. The number of furan rings is 1. The number of Topliss-reactive ketones (excluding diaryl/α,β-unsaturated/α-hetero) is 1. The van der Waals surface area contributed by atoms with Crippen LogP contribution in [0.4, 0.5) is 0 Å². The van der Waals surface area contributed by atoms with Crippen LogP contribution in [0.3, 0.4) is 0 Å². The van der Waals surface area contributed by atoms with Crippen molar-refractivity contribution >= 4 is 17.5 Å². The molecular weight excluding hydrogens is 316 g/mol. The van der Waals surface area contributed by atoms with Gasteiger partial charge in [-0.1, -0.05) is 6.07 Å². The van der Waals surface area contributed by atoms with Gasteiger partial charge in [0.2, 0.25) is 0 Å². The molecular formula is C17H20O5S. The van der Waals surface area contributed by atoms with Crippen molar-refractivity contribution in [3.8, 4) is 11.5 Å². The van der Waals surface area contributed by atoms with Crippen LogP contribution in [-0.4, -0.2) is 37.5 Å². The maximum absolute atomic E-state index is 12.3. The molecule has 0 bridgehead atoms. The fraction of sp³-hybridized carbons (Fsp3) is 0.353. The molecule has 5 nitrogen and oxygen atoms in total. The van der Waals surface area contributed by atoms with Crippen LogP contribution in [0.1, 0.15) is 27.8 Å². The van der Waals surface area contributed by atoms with E-state index in [4.69, 9.17) is 19.0 Å². The number of ketones is 1. The van der Waals surface area contributed by atoms with E-state index in [1.165, 1.54) is 18.0 Å². The first-order chi connectivity index (χ1) is 11.2. The van der Waals surface area contributed by atoms with E-state index in [1.54, 1.807) is 26.4 Å². The number of carbonyl (C=O) groups excluding carboxylic acids is 1. The zero-order chi connectivity index (χ0) is 16.7. The van der Waals surface area contributed by atoms with E-state index in [1.807, 2.05) is 18.2 Å². The third-order valence-corrected chi connectivity index (χ3v) is 4.62. The highest BCUT2D eigenvalue weighted by atomic mass is 32.2. The number of methoxy groups -OCH3 is 2. The molecule has 0 aliphatic heterocycles. The Balaban J connectivity index is 2.22. The highest BCUT2D eigenvalue weighted by Gasteiger charge is 2.20. The number of aliphatic hydroxyl groups excluding tert-OH is 1. The van der Waals surface area contributed by atoms with Gasteiger partial charge in [0.05, 0.1) is 27.1 Å². The van der Waals surface area contributed by atoms with E-state index in [2.05, 4.69) is 0 Å². The molecule has 0 fully saturated rings. The molecule has 0 unspecified atom stereocenters. The van der Waals surface area contributed by atoms with Crippen molar-refractivity contribution in [3.05, 3.63) is 47.9 Å². The molecule has 2 aromatic rings. The summed E-state index contributed by atoms with van der Waals surface area (Å²) in [6.45, 7) is 0.0589. The van der Waals surface area contributed by atoms with Crippen molar-refractivity contribution in [2.75, 3.05) is 26.6 Å². The minimum Gasteiger partial charge on any atom is -0.493 e. The van der Waals surface area contributed by atoms with Crippen molar-refractivity contribution in [1.29, 1.82) is 0 Å². The summed E-state index contributed by atoms with van der Waals surface area (Å²) < 4.78 is 15.7. The highest BCUT2D eigenvalue weighted by Crippen LogP contribution is 2.37. The predicted octanol–water partition coefficient (Wildman–Crippen LogP) is 3.34. The normalized spacial score (nSPS) is 12.0. The van der Waals surface area contributed by atoms with Crippen LogP contribution < -0.4 is 9.47 Å². The summed E-state index contributed by atoms with van der Waals surface area (Å²) in [7, 11) is 3.15. The van der Waals surface area contributed by atoms with E-state index in [0.717, 1.165) is 5.56 Å². The van der Waals surface area contributed by atoms with Crippen LogP contribution in [-0.2, 0) is 0 Å². The first kappa shape index (κ1) is 17.4. The molecule has 0 saturated carbocycles. The average Bonchev–Trinajstić information content (AvgIpc) is 3.12. The zero-order valence-corrected chi connectivity index (χ0v) is 14.0. The number of thioether (sulfide) groups is 1. The Hall–Kier alpha value is -1.92. The van der Waals surface area contributed by atoms with E-state index < -0.39 is 0 Å². The minimum atomic E-state index is -0.0976. The Labute approximate surface area is 139 Å². The summed E-state index contributed by atoms with van der Waals surface area (Å²) in [6.07, 6.45) is 1.77. The molecule has 1 aromatic heterocycles. The van der Waals surface area contributed by atoms with Crippen molar-refractivity contribution < 1.29 is 23.8 Å². The van der Waals surface area contributed by atoms with Gasteiger partial charge >= 0.3 is 0 Å². The maximum atomic E-state index is 12.3. The first-order valence-corrected chi connectivity index (χ1v) is 8.25. The SMILES string of the molecule is COc1ccc([C@@H](CC(=O)c2ccco2)SCCO)cc1OC. The lowest BCUT2D eigenvalue weighted by molar-refractivity contribution is 0.0955. The van der Waals surface area contributed by atoms with Crippen LogP contribution in [0.15, 0.2) is 41.0 Å². The third-order valence-electron chi connectivity index (χ3n) is 3.36. The Morgan fingerprint density at radius 2 is 2.04 bits per heavy atom. The molecule has 0 spiro atoms. The van der Waals surface area contributed by atoms with Gasteiger partial charge in [0.25, 0.3) is 0 Å². The lowest BCUT2D eigenvalue weighted by atomic mass is 10.1. The Kier molecular flexibility index (Phi) is 6.55. The molecule has 1 N–H and O–H groups in total. The van der Waals surface area contributed by atoms with Gasteiger partial charge in [-0.2, -0.15) is 11.8 Å². The molecule has 0 aliphatic rings. The van der Waals surface area contributed by atoms with Gasteiger partial charge in [0, 0.05) is 17.4 Å². The molecule has 1 heterocycles. The van der Waals surface area contributed by atoms with Crippen LogP contribution in [0, 0.1) is 0 Å². The van der Waals surface area contributed by atoms with Gasteiger partial charge in [-0.25, -0.2) is 0 Å². The van der Waals surface area contributed by atoms with E-state index in [-0.39, 0.29) is 24.1 Å². The highest BCUT2D eigenvalue weighted by molar-refractivity contribution is 7.99. The van der Waals surface area contributed by atoms with E-state index in [0.29, 0.717) is 23.0 Å². The molecule has 1 atom stereocenters. The Morgan fingerprint density at radius 1 is 1.26 bits per heavy atom. The Bertz CT molecular complexity index is 624. The van der Waals surface area contributed by atoms with Crippen LogP contribution in [0.2, 0.25) is 0 Å². The van der Waals surface area contributed by atoms with Gasteiger partial charge < -0.3 is 19.0 Å². The minimum absolute atomic E-state index is 0.0589. The van der Waals surface area contributed by atoms with Crippen molar-refractivity contribution in [3.63, 3.8) is 0 Å². The lowest BCUT2D eigenvalue weighted by Gasteiger charge is -2.17. The number of aliphatic hydroxyl groups is 1. The number of hydrogen-bond acceptors (Lipinski definition) is 6. The fourth-order valence-corrected chi connectivity index (χ4v) is 3.23. The monoisotopic (exact) mass is 336 g/mol. The third kappa shape index (κ3) is 4.53. The Morgan fingerprint density at radius 3 is 2.65 bits per heavy atom. The van der Waals surface area contributed by atoms with Crippen LogP contribution >= 0.6 is 11.8 Å². The number of carbonyl (C=O) groups is 1. The second-order valence-electron chi connectivity index (χ2n) is 4.80. The van der Waals surface area contributed by atoms with Crippen molar-refractivity contribution in [1.82, 2.24) is 0 Å². The summed E-state index contributed by atoms with van der Waals surface area (Å²) in [5.74, 6) is 2.08. The second kappa shape index (κ2) is 8.64. The quantitative estimate of drug-likeness (QED) is 0.708. The molecule has 0 aliphatic carbocycles. The molecule has 23 heavy (non-hydrogen) atoms. The van der Waals surface area contributed by atoms with Gasteiger partial charge in [-0.3, -0.25) is 4.79 Å². The van der Waals surface area contributed by atoms with Crippen molar-refractivity contribution in [2.24, 2.45) is 0 Å². The van der Waals surface area contributed by atoms with Crippen LogP contribution in [0.5, 0.6) is 11.5 Å². The molecule has 0 saturated heterocycles. The summed E-state index contributed by atoms with van der Waals surface area (Å²) in [6, 6.07) is 8.94. The van der Waals surface area contributed by atoms with Gasteiger partial charge in [-0.15, -0.1) is 0 Å². The topological polar surface area (TPSA) is 68.9 Å². The van der Waals surface area contributed by atoms with Crippen molar-refractivity contribution in [2.45, 2.75) is 11.7 Å². The summed E-state index contributed by atoms with van der Waals surface area (Å²) in [4.78, 5) is 12.3. The molecule has 124 valence electrons. The number of hydrogen-bond donors (Lipinski definition) is 1. The van der Waals surface area contributed by atoms with Gasteiger partial charge in [0.1, 0.15) is 0 Å². The largest absolute Gasteiger partial charge is 0.493 e. The number of rotatable bonds is 9. The first-order valence-electron chi connectivity index (χ1n) is 7.20. The molecule has 1 aromatic carbocycles. The average molecular weight is 336 g/mol. The maximum Gasteiger partial charge on any atom is 0.199 e. The second-order valence-corrected chi connectivity index (χ2v) is 6.11. The summed E-state index contributed by atoms with van der Waals surface area (Å²) in [5, 5.41) is 9.00. The van der Waals surface area contributed by atoms with Gasteiger partial charge in [0.15, 0.2) is 23.0 Å². The van der Waals surface area contributed by atoms with E-state index in [9.17, 15) is 4.79 Å². The smallest absolute Gasteiger partial charge is 0.199 e. The lowest BCUT2D eigenvalue weighted by Crippen LogP contribution is -2.06. The molecule has 0 amide bonds. The number of benzene rings is 1. The van der Waals surface area contributed by atoms with Gasteiger partial charge in [-0.05, 0) is 29.8 Å². The zero-order valence-electron chi connectivity index (χ0n) is 13.2. The molecule has 0 radical (unpaired) electrons. The van der Waals surface area contributed by atoms with E-state index >= 15 is 0 Å².